The maximum atomic E-state index is 4.33. The monoisotopic (exact) mass is 430 g/mol. The zero-order chi connectivity index (χ0) is 15.1. The van der Waals surface area contributed by atoms with Crippen molar-refractivity contribution in [1.82, 2.24) is 15.6 Å². The SMILES string of the molecule is CN=C(NCCc1ccc(C)cc1)NCc1ncc(C)s1.I. The molecular weight excluding hydrogens is 407 g/mol. The van der Waals surface area contributed by atoms with Crippen molar-refractivity contribution in [2.75, 3.05) is 13.6 Å². The first-order chi connectivity index (χ1) is 10.2. The highest BCUT2D eigenvalue weighted by Gasteiger charge is 2.01. The van der Waals surface area contributed by atoms with E-state index in [1.807, 2.05) is 6.20 Å². The molecular formula is C16H23IN4S. The van der Waals surface area contributed by atoms with Gasteiger partial charge in [-0.05, 0) is 25.8 Å². The molecule has 0 spiro atoms. The lowest BCUT2D eigenvalue weighted by Crippen LogP contribution is -2.37. The molecule has 2 rings (SSSR count). The molecule has 0 unspecified atom stereocenters. The fourth-order valence-corrected chi connectivity index (χ4v) is 2.67. The first-order valence-electron chi connectivity index (χ1n) is 7.09. The van der Waals surface area contributed by atoms with Gasteiger partial charge in [0.1, 0.15) is 5.01 Å². The van der Waals surface area contributed by atoms with Crippen LogP contribution in [0.15, 0.2) is 35.5 Å². The van der Waals surface area contributed by atoms with Gasteiger partial charge in [0.2, 0.25) is 0 Å². The van der Waals surface area contributed by atoms with Gasteiger partial charge in [-0.2, -0.15) is 0 Å². The van der Waals surface area contributed by atoms with Crippen molar-refractivity contribution in [2.24, 2.45) is 4.99 Å². The molecule has 120 valence electrons. The van der Waals surface area contributed by atoms with Gasteiger partial charge in [0, 0.05) is 24.7 Å². The molecule has 0 aliphatic rings. The Bertz CT molecular complexity index is 592. The van der Waals surface area contributed by atoms with E-state index in [-0.39, 0.29) is 24.0 Å². The van der Waals surface area contributed by atoms with Crippen molar-refractivity contribution in [3.63, 3.8) is 0 Å². The first-order valence-corrected chi connectivity index (χ1v) is 7.90. The van der Waals surface area contributed by atoms with Gasteiger partial charge in [0.05, 0.1) is 6.54 Å². The number of aliphatic imine (C=N–C) groups is 1. The van der Waals surface area contributed by atoms with Crippen LogP contribution in [0, 0.1) is 13.8 Å². The fourth-order valence-electron chi connectivity index (χ4n) is 1.94. The molecule has 1 heterocycles. The predicted molar refractivity (Wildman–Crippen MR) is 105 cm³/mol. The Labute approximate surface area is 153 Å². The molecule has 0 aliphatic heterocycles. The molecule has 0 fully saturated rings. The van der Waals surface area contributed by atoms with E-state index in [0.29, 0.717) is 6.54 Å². The maximum absolute atomic E-state index is 4.33. The van der Waals surface area contributed by atoms with E-state index in [0.717, 1.165) is 23.9 Å². The molecule has 1 aromatic heterocycles. The third-order valence-electron chi connectivity index (χ3n) is 3.13. The quantitative estimate of drug-likeness (QED) is 0.435. The van der Waals surface area contributed by atoms with Crippen molar-refractivity contribution >= 4 is 41.3 Å². The van der Waals surface area contributed by atoms with Gasteiger partial charge in [0.15, 0.2) is 5.96 Å². The van der Waals surface area contributed by atoms with E-state index >= 15 is 0 Å². The number of aryl methyl sites for hydroxylation is 2. The number of guanidine groups is 1. The number of hydrogen-bond acceptors (Lipinski definition) is 3. The summed E-state index contributed by atoms with van der Waals surface area (Å²) in [6.45, 7) is 5.74. The molecule has 22 heavy (non-hydrogen) atoms. The van der Waals surface area contributed by atoms with E-state index in [2.05, 4.69) is 58.7 Å². The minimum Gasteiger partial charge on any atom is -0.356 e. The summed E-state index contributed by atoms with van der Waals surface area (Å²) in [6, 6.07) is 8.64. The van der Waals surface area contributed by atoms with E-state index < -0.39 is 0 Å². The second-order valence-electron chi connectivity index (χ2n) is 4.95. The molecule has 2 aromatic rings. The Morgan fingerprint density at radius 1 is 1.18 bits per heavy atom. The third kappa shape index (κ3) is 6.31. The summed E-state index contributed by atoms with van der Waals surface area (Å²) in [5, 5.41) is 7.68. The summed E-state index contributed by atoms with van der Waals surface area (Å²) >= 11 is 1.71. The average molecular weight is 430 g/mol. The summed E-state index contributed by atoms with van der Waals surface area (Å²) in [4.78, 5) is 9.79. The Hall–Kier alpha value is -1.15. The van der Waals surface area contributed by atoms with E-state index in [1.54, 1.807) is 18.4 Å². The largest absolute Gasteiger partial charge is 0.356 e. The van der Waals surface area contributed by atoms with Crippen LogP contribution in [-0.2, 0) is 13.0 Å². The Balaban J connectivity index is 0.00000242. The van der Waals surface area contributed by atoms with Crippen molar-refractivity contribution in [3.05, 3.63) is 51.5 Å². The van der Waals surface area contributed by atoms with Crippen molar-refractivity contribution in [3.8, 4) is 0 Å². The predicted octanol–water partition coefficient (Wildman–Crippen LogP) is 3.29. The second kappa shape index (κ2) is 9.78. The average Bonchev–Trinajstić information content (AvgIpc) is 2.90. The molecule has 0 amide bonds. The van der Waals surface area contributed by atoms with Crippen LogP contribution in [0.25, 0.3) is 0 Å². The number of thiazole rings is 1. The molecule has 6 heteroatoms. The summed E-state index contributed by atoms with van der Waals surface area (Å²) in [5.41, 5.74) is 2.63. The van der Waals surface area contributed by atoms with Gasteiger partial charge in [-0.3, -0.25) is 4.99 Å². The van der Waals surface area contributed by atoms with Crippen LogP contribution in [0.4, 0.5) is 0 Å². The van der Waals surface area contributed by atoms with Crippen LogP contribution < -0.4 is 10.6 Å². The minimum atomic E-state index is 0. The topological polar surface area (TPSA) is 49.3 Å². The van der Waals surface area contributed by atoms with Crippen LogP contribution in [-0.4, -0.2) is 24.5 Å². The number of hydrogen-bond donors (Lipinski definition) is 2. The summed E-state index contributed by atoms with van der Waals surface area (Å²) in [7, 11) is 1.79. The number of nitrogens with zero attached hydrogens (tertiary/aromatic N) is 2. The molecule has 0 radical (unpaired) electrons. The zero-order valence-corrected chi connectivity index (χ0v) is 16.4. The summed E-state index contributed by atoms with van der Waals surface area (Å²) in [6.07, 6.45) is 2.88. The molecule has 4 nitrogen and oxygen atoms in total. The van der Waals surface area contributed by atoms with Gasteiger partial charge in [0.25, 0.3) is 0 Å². The van der Waals surface area contributed by atoms with Crippen molar-refractivity contribution in [2.45, 2.75) is 26.8 Å². The van der Waals surface area contributed by atoms with Crippen LogP contribution in [0.2, 0.25) is 0 Å². The van der Waals surface area contributed by atoms with Crippen LogP contribution >= 0.6 is 35.3 Å². The normalized spacial score (nSPS) is 11.0. The van der Waals surface area contributed by atoms with Gasteiger partial charge >= 0.3 is 0 Å². The highest BCUT2D eigenvalue weighted by atomic mass is 127. The number of rotatable bonds is 5. The maximum Gasteiger partial charge on any atom is 0.191 e. The fraction of sp³-hybridized carbons (Fsp3) is 0.375. The molecule has 0 saturated carbocycles. The zero-order valence-electron chi connectivity index (χ0n) is 13.2. The van der Waals surface area contributed by atoms with E-state index in [4.69, 9.17) is 0 Å². The lowest BCUT2D eigenvalue weighted by molar-refractivity contribution is 0.791. The number of aromatic nitrogens is 1. The number of benzene rings is 1. The molecule has 0 bridgehead atoms. The Morgan fingerprint density at radius 3 is 2.50 bits per heavy atom. The standard InChI is InChI=1S/C16H22N4S.HI/c1-12-4-6-14(7-5-12)8-9-18-16(17-3)20-11-15-19-10-13(2)21-15;/h4-7,10H,8-9,11H2,1-3H3,(H2,17,18,20);1H. The molecule has 0 aliphatic carbocycles. The smallest absolute Gasteiger partial charge is 0.191 e. The highest BCUT2D eigenvalue weighted by Crippen LogP contribution is 2.10. The minimum absolute atomic E-state index is 0. The lowest BCUT2D eigenvalue weighted by Gasteiger charge is -2.11. The van der Waals surface area contributed by atoms with Gasteiger partial charge in [-0.15, -0.1) is 35.3 Å². The summed E-state index contributed by atoms with van der Waals surface area (Å²) in [5.74, 6) is 0.815. The highest BCUT2D eigenvalue weighted by molar-refractivity contribution is 14.0. The van der Waals surface area contributed by atoms with Crippen LogP contribution in [0.1, 0.15) is 21.0 Å². The van der Waals surface area contributed by atoms with Gasteiger partial charge < -0.3 is 10.6 Å². The third-order valence-corrected chi connectivity index (χ3v) is 4.04. The van der Waals surface area contributed by atoms with Crippen LogP contribution in [0.5, 0.6) is 0 Å². The number of nitrogens with one attached hydrogen (secondary N) is 2. The van der Waals surface area contributed by atoms with Crippen molar-refractivity contribution < 1.29 is 0 Å². The Morgan fingerprint density at radius 2 is 1.91 bits per heavy atom. The number of halogens is 1. The lowest BCUT2D eigenvalue weighted by atomic mass is 10.1. The van der Waals surface area contributed by atoms with E-state index in [9.17, 15) is 0 Å². The summed E-state index contributed by atoms with van der Waals surface area (Å²) < 4.78 is 0. The van der Waals surface area contributed by atoms with Gasteiger partial charge in [-0.1, -0.05) is 29.8 Å². The molecule has 0 atom stereocenters. The molecule has 2 N–H and O–H groups in total. The van der Waals surface area contributed by atoms with Crippen LogP contribution in [0.3, 0.4) is 0 Å². The van der Waals surface area contributed by atoms with Gasteiger partial charge in [-0.25, -0.2) is 4.98 Å². The molecule has 1 aromatic carbocycles. The first kappa shape index (κ1) is 18.9. The van der Waals surface area contributed by atoms with Crippen molar-refractivity contribution in [1.29, 1.82) is 0 Å². The van der Waals surface area contributed by atoms with E-state index in [1.165, 1.54) is 16.0 Å². The Kier molecular flexibility index (Phi) is 8.40. The molecule has 0 saturated heterocycles. The second-order valence-corrected chi connectivity index (χ2v) is 6.27.